The van der Waals surface area contributed by atoms with Crippen molar-refractivity contribution in [3.05, 3.63) is 51.9 Å². The average molecular weight is 476 g/mol. The van der Waals surface area contributed by atoms with Gasteiger partial charge in [-0.25, -0.2) is 4.68 Å². The summed E-state index contributed by atoms with van der Waals surface area (Å²) < 4.78 is 38.8. The van der Waals surface area contributed by atoms with Crippen LogP contribution in [0.25, 0.3) is 21.1 Å². The molecule has 7 nitrogen and oxygen atoms in total. The zero-order valence-electron chi connectivity index (χ0n) is 18.3. The SMILES string of the molecule is CCOC(=O)C[C@@H](c1cc(CO)c2sccc2c1)c1cc(OC(F)F)c2c(nnn2C)c1C. The summed E-state index contributed by atoms with van der Waals surface area (Å²) in [7, 11) is 1.60. The van der Waals surface area contributed by atoms with Crippen LogP contribution in [-0.4, -0.2) is 39.3 Å². The van der Waals surface area contributed by atoms with Crippen LogP contribution in [0, 0.1) is 6.92 Å². The van der Waals surface area contributed by atoms with Gasteiger partial charge in [-0.2, -0.15) is 8.78 Å². The second-order valence-corrected chi connectivity index (χ2v) is 8.53. The summed E-state index contributed by atoms with van der Waals surface area (Å²) in [6.45, 7) is 0.551. The van der Waals surface area contributed by atoms with Crippen LogP contribution in [0.2, 0.25) is 0 Å². The molecule has 0 saturated carbocycles. The van der Waals surface area contributed by atoms with Gasteiger partial charge in [-0.3, -0.25) is 4.79 Å². The zero-order chi connectivity index (χ0) is 23.7. The third kappa shape index (κ3) is 4.40. The molecule has 0 unspecified atom stereocenters. The summed E-state index contributed by atoms with van der Waals surface area (Å²) in [6.07, 6.45) is -0.0188. The van der Waals surface area contributed by atoms with Gasteiger partial charge in [0.25, 0.3) is 0 Å². The zero-order valence-corrected chi connectivity index (χ0v) is 19.2. The Morgan fingerprint density at radius 3 is 2.79 bits per heavy atom. The molecule has 174 valence electrons. The number of aryl methyl sites for hydroxylation is 2. The number of carbonyl (C=O) groups is 1. The van der Waals surface area contributed by atoms with Crippen molar-refractivity contribution in [3.63, 3.8) is 0 Å². The van der Waals surface area contributed by atoms with Crippen LogP contribution in [0.15, 0.2) is 29.6 Å². The first-order valence-electron chi connectivity index (χ1n) is 10.4. The molecule has 1 atom stereocenters. The van der Waals surface area contributed by atoms with Crippen LogP contribution in [-0.2, 0) is 23.2 Å². The number of ether oxygens (including phenoxy) is 2. The number of esters is 1. The number of halogens is 2. The summed E-state index contributed by atoms with van der Waals surface area (Å²) in [5.74, 6) is -1.03. The highest BCUT2D eigenvalue weighted by molar-refractivity contribution is 7.17. The van der Waals surface area contributed by atoms with E-state index in [-0.39, 0.29) is 25.4 Å². The smallest absolute Gasteiger partial charge is 0.387 e. The minimum atomic E-state index is -3.04. The van der Waals surface area contributed by atoms with E-state index in [4.69, 9.17) is 9.47 Å². The van der Waals surface area contributed by atoms with Crippen LogP contribution in [0.3, 0.4) is 0 Å². The Kier molecular flexibility index (Phi) is 6.57. The lowest BCUT2D eigenvalue weighted by atomic mass is 9.84. The number of aliphatic hydroxyl groups excluding tert-OH is 1. The fourth-order valence-corrected chi connectivity index (χ4v) is 5.07. The highest BCUT2D eigenvalue weighted by atomic mass is 32.1. The standard InChI is InChI=1S/C23H23F2N3O4S/c1-4-31-19(30)10-17(14-7-13-5-6-33-22(13)15(8-14)11-29)16-9-18(32-23(24)25)21-20(12(16)2)26-27-28(21)3/h5-9,17,23,29H,4,10-11H2,1-3H3/t17-/m0/s1. The van der Waals surface area contributed by atoms with Gasteiger partial charge in [0.1, 0.15) is 11.0 Å². The monoisotopic (exact) mass is 475 g/mol. The fraction of sp³-hybridized carbons (Fsp3) is 0.348. The Morgan fingerprint density at radius 2 is 2.09 bits per heavy atom. The minimum absolute atomic E-state index is 0.0188. The number of carbonyl (C=O) groups excluding carboxylic acids is 1. The molecule has 4 rings (SSSR count). The molecule has 0 fully saturated rings. The predicted octanol–water partition coefficient (Wildman–Crippen LogP) is 4.67. The third-order valence-electron chi connectivity index (χ3n) is 5.63. The van der Waals surface area contributed by atoms with E-state index in [2.05, 4.69) is 10.3 Å². The van der Waals surface area contributed by atoms with Gasteiger partial charge < -0.3 is 14.6 Å². The van der Waals surface area contributed by atoms with Gasteiger partial charge in [0, 0.05) is 17.7 Å². The lowest BCUT2D eigenvalue weighted by Gasteiger charge is -2.22. The molecule has 2 aromatic carbocycles. The quantitative estimate of drug-likeness (QED) is 0.373. The number of aromatic nitrogens is 3. The molecule has 10 heteroatoms. The Labute approximate surface area is 192 Å². The van der Waals surface area contributed by atoms with Crippen molar-refractivity contribution in [1.82, 2.24) is 15.0 Å². The molecule has 4 aromatic rings. The first-order valence-corrected chi connectivity index (χ1v) is 11.3. The molecule has 2 heterocycles. The molecule has 2 aromatic heterocycles. The van der Waals surface area contributed by atoms with Crippen LogP contribution in [0.4, 0.5) is 8.78 Å². The lowest BCUT2D eigenvalue weighted by molar-refractivity contribution is -0.143. The summed E-state index contributed by atoms with van der Waals surface area (Å²) in [6, 6.07) is 7.25. The molecule has 1 N–H and O–H groups in total. The van der Waals surface area contributed by atoms with Gasteiger partial charge >= 0.3 is 12.6 Å². The van der Waals surface area contributed by atoms with Crippen LogP contribution in [0.1, 0.15) is 41.5 Å². The number of nitrogens with zero attached hydrogens (tertiary/aromatic N) is 3. The summed E-state index contributed by atoms with van der Waals surface area (Å²) in [5, 5.41) is 20.9. The maximum absolute atomic E-state index is 13.2. The number of alkyl halides is 2. The first kappa shape index (κ1) is 23.1. The molecular weight excluding hydrogens is 452 g/mol. The predicted molar refractivity (Wildman–Crippen MR) is 121 cm³/mol. The molecule has 0 aliphatic carbocycles. The van der Waals surface area contributed by atoms with Crippen molar-refractivity contribution < 1.29 is 28.2 Å². The molecule has 0 aliphatic heterocycles. The number of aliphatic hydroxyl groups is 1. The molecular formula is C23H23F2N3O4S. The number of thiophene rings is 1. The van der Waals surface area contributed by atoms with Crippen molar-refractivity contribution in [2.45, 2.75) is 39.4 Å². The molecule has 0 aliphatic rings. The van der Waals surface area contributed by atoms with E-state index in [1.54, 1.807) is 14.0 Å². The lowest BCUT2D eigenvalue weighted by Crippen LogP contribution is -2.14. The summed E-state index contributed by atoms with van der Waals surface area (Å²) >= 11 is 1.52. The van der Waals surface area contributed by atoms with Crippen LogP contribution < -0.4 is 4.74 Å². The molecule has 0 radical (unpaired) electrons. The number of hydrogen-bond donors (Lipinski definition) is 1. The van der Waals surface area contributed by atoms with Crippen molar-refractivity contribution >= 4 is 38.4 Å². The Hall–Kier alpha value is -3.11. The van der Waals surface area contributed by atoms with Crippen LogP contribution >= 0.6 is 11.3 Å². The van der Waals surface area contributed by atoms with E-state index in [0.29, 0.717) is 22.2 Å². The Morgan fingerprint density at radius 1 is 1.30 bits per heavy atom. The second kappa shape index (κ2) is 9.40. The highest BCUT2D eigenvalue weighted by Gasteiger charge is 2.27. The summed E-state index contributed by atoms with van der Waals surface area (Å²) in [4.78, 5) is 12.6. The molecule has 0 spiro atoms. The topological polar surface area (TPSA) is 86.5 Å². The van der Waals surface area contributed by atoms with Gasteiger partial charge in [-0.05, 0) is 65.1 Å². The van der Waals surface area contributed by atoms with E-state index in [9.17, 15) is 18.7 Å². The molecule has 0 bridgehead atoms. The number of hydrogen-bond acceptors (Lipinski definition) is 7. The highest BCUT2D eigenvalue weighted by Crippen LogP contribution is 2.40. The van der Waals surface area contributed by atoms with Crippen molar-refractivity contribution in [2.24, 2.45) is 7.05 Å². The maximum Gasteiger partial charge on any atom is 0.387 e. The van der Waals surface area contributed by atoms with E-state index in [1.807, 2.05) is 30.5 Å². The third-order valence-corrected chi connectivity index (χ3v) is 6.63. The Balaban J connectivity index is 1.95. The van der Waals surface area contributed by atoms with Gasteiger partial charge in [0.2, 0.25) is 0 Å². The van der Waals surface area contributed by atoms with E-state index in [1.165, 1.54) is 22.1 Å². The molecule has 0 amide bonds. The second-order valence-electron chi connectivity index (χ2n) is 7.62. The maximum atomic E-state index is 13.2. The van der Waals surface area contributed by atoms with Gasteiger partial charge in [0.15, 0.2) is 5.75 Å². The largest absolute Gasteiger partial charge is 0.466 e. The van der Waals surface area contributed by atoms with Crippen molar-refractivity contribution in [2.75, 3.05) is 6.61 Å². The number of rotatable bonds is 8. The normalized spacial score (nSPS) is 12.6. The molecule has 33 heavy (non-hydrogen) atoms. The average Bonchev–Trinajstić information content (AvgIpc) is 3.40. The van der Waals surface area contributed by atoms with Gasteiger partial charge in [-0.15, -0.1) is 16.4 Å². The van der Waals surface area contributed by atoms with E-state index >= 15 is 0 Å². The van der Waals surface area contributed by atoms with E-state index < -0.39 is 18.5 Å². The Bertz CT molecular complexity index is 1320. The minimum Gasteiger partial charge on any atom is -0.466 e. The van der Waals surface area contributed by atoms with Crippen molar-refractivity contribution in [1.29, 1.82) is 0 Å². The molecule has 0 saturated heterocycles. The van der Waals surface area contributed by atoms with Gasteiger partial charge in [-0.1, -0.05) is 11.3 Å². The van der Waals surface area contributed by atoms with Crippen LogP contribution in [0.5, 0.6) is 5.75 Å². The fourth-order valence-electron chi connectivity index (χ4n) is 4.18. The van der Waals surface area contributed by atoms with E-state index in [0.717, 1.165) is 21.2 Å². The number of fused-ring (bicyclic) bond motifs is 2. The first-order chi connectivity index (χ1) is 15.8. The number of benzene rings is 2. The summed E-state index contributed by atoms with van der Waals surface area (Å²) in [5.41, 5.74) is 3.55. The van der Waals surface area contributed by atoms with Gasteiger partial charge in [0.05, 0.1) is 19.6 Å². The van der Waals surface area contributed by atoms with Crippen molar-refractivity contribution in [3.8, 4) is 5.75 Å².